The first-order valence-electron chi connectivity index (χ1n) is 7.95. The molecule has 0 atom stereocenters. The van der Waals surface area contributed by atoms with E-state index in [4.69, 9.17) is 4.74 Å². The first-order valence-corrected chi connectivity index (χ1v) is 7.95. The average Bonchev–Trinajstić information content (AvgIpc) is 2.61. The third-order valence-corrected chi connectivity index (χ3v) is 4.19. The molecule has 1 heterocycles. The molecule has 0 fully saturated rings. The molecular weight excluding hydrogens is 298 g/mol. The molecule has 0 saturated carbocycles. The molecule has 0 unspecified atom stereocenters. The first kappa shape index (κ1) is 14.5. The molecule has 24 heavy (non-hydrogen) atoms. The summed E-state index contributed by atoms with van der Waals surface area (Å²) in [4.78, 5) is 13.7. The number of anilines is 1. The largest absolute Gasteiger partial charge is 0.458 e. The molecule has 4 rings (SSSR count). The van der Waals surface area contributed by atoms with Crippen LogP contribution < -0.4 is 9.64 Å². The first-order chi connectivity index (χ1) is 11.7. The summed E-state index contributed by atoms with van der Waals surface area (Å²) in [5, 5.41) is 2.39. The topological polar surface area (TPSA) is 29.5 Å². The molecular formula is C21H17NO2. The van der Waals surface area contributed by atoms with E-state index < -0.39 is 0 Å². The Hall–Kier alpha value is -3.07. The quantitative estimate of drug-likeness (QED) is 0.655. The Morgan fingerprint density at radius 3 is 2.58 bits per heavy atom. The lowest BCUT2D eigenvalue weighted by molar-refractivity contribution is -0.116. The van der Waals surface area contributed by atoms with Gasteiger partial charge < -0.3 is 9.64 Å². The highest BCUT2D eigenvalue weighted by Crippen LogP contribution is 2.34. The third kappa shape index (κ3) is 2.65. The number of nitrogens with zero attached hydrogens (tertiary/aromatic N) is 1. The molecule has 1 aliphatic heterocycles. The molecule has 0 radical (unpaired) electrons. The molecule has 0 saturated heterocycles. The number of benzene rings is 3. The zero-order valence-corrected chi connectivity index (χ0v) is 13.4. The molecule has 0 spiro atoms. The molecule has 3 aromatic carbocycles. The van der Waals surface area contributed by atoms with E-state index in [1.54, 1.807) is 11.8 Å². The van der Waals surface area contributed by atoms with Gasteiger partial charge in [0.05, 0.1) is 12.2 Å². The highest BCUT2D eigenvalue weighted by atomic mass is 16.5. The van der Waals surface area contributed by atoms with Crippen LogP contribution in [0.25, 0.3) is 16.8 Å². The van der Waals surface area contributed by atoms with Crippen LogP contribution in [0.2, 0.25) is 0 Å². The number of hydrogen-bond donors (Lipinski definition) is 0. The van der Waals surface area contributed by atoms with Crippen LogP contribution in [0.3, 0.4) is 0 Å². The Labute approximate surface area is 140 Å². The van der Waals surface area contributed by atoms with Gasteiger partial charge in [0.15, 0.2) is 5.75 Å². The van der Waals surface area contributed by atoms with Crippen molar-refractivity contribution in [1.29, 1.82) is 0 Å². The minimum Gasteiger partial charge on any atom is -0.458 e. The summed E-state index contributed by atoms with van der Waals surface area (Å²) in [6.07, 6.45) is 2.00. The molecule has 1 aliphatic rings. The second-order valence-corrected chi connectivity index (χ2v) is 5.89. The number of hydrogen-bond acceptors (Lipinski definition) is 2. The van der Waals surface area contributed by atoms with Crippen molar-refractivity contribution in [1.82, 2.24) is 0 Å². The van der Waals surface area contributed by atoms with E-state index in [2.05, 4.69) is 30.3 Å². The smallest absolute Gasteiger partial charge is 0.224 e. The van der Waals surface area contributed by atoms with Crippen LogP contribution in [0.5, 0.6) is 5.75 Å². The van der Waals surface area contributed by atoms with E-state index >= 15 is 0 Å². The number of amides is 1. The molecule has 3 heteroatoms. The maximum atomic E-state index is 12.0. The normalized spacial score (nSPS) is 15.2. The Morgan fingerprint density at radius 2 is 1.75 bits per heavy atom. The van der Waals surface area contributed by atoms with Gasteiger partial charge in [-0.25, -0.2) is 0 Å². The van der Waals surface area contributed by atoms with Crippen LogP contribution in [0.1, 0.15) is 12.5 Å². The Bertz CT molecular complexity index is 959. The van der Waals surface area contributed by atoms with Gasteiger partial charge in [-0.2, -0.15) is 0 Å². The van der Waals surface area contributed by atoms with Crippen molar-refractivity contribution in [2.75, 3.05) is 11.4 Å². The Balaban J connectivity index is 1.73. The highest BCUT2D eigenvalue weighted by molar-refractivity contribution is 5.94. The standard InChI is InChI=1S/C21H17NO2/c1-15(23)22-14-19(24-21-9-5-4-8-20(21)22)13-16-10-11-17-6-2-3-7-18(17)12-16/h2-13H,14H2,1H3/b19-13-. The second kappa shape index (κ2) is 5.85. The molecule has 118 valence electrons. The predicted octanol–water partition coefficient (Wildman–Crippen LogP) is 4.63. The van der Waals surface area contributed by atoms with Crippen molar-refractivity contribution in [3.63, 3.8) is 0 Å². The van der Waals surface area contributed by atoms with Gasteiger partial charge in [0.25, 0.3) is 0 Å². The van der Waals surface area contributed by atoms with Crippen LogP contribution in [0.4, 0.5) is 5.69 Å². The number of rotatable bonds is 1. The van der Waals surface area contributed by atoms with E-state index in [1.165, 1.54) is 10.8 Å². The van der Waals surface area contributed by atoms with Crippen molar-refractivity contribution < 1.29 is 9.53 Å². The molecule has 1 amide bonds. The Kier molecular flexibility index (Phi) is 3.54. The van der Waals surface area contributed by atoms with E-state index in [0.29, 0.717) is 12.3 Å². The van der Waals surface area contributed by atoms with Gasteiger partial charge in [-0.15, -0.1) is 0 Å². The molecule has 0 N–H and O–H groups in total. The SMILES string of the molecule is CC(=O)N1C/C(=C/c2ccc3ccccc3c2)Oc2ccccc21. The van der Waals surface area contributed by atoms with Crippen molar-refractivity contribution in [3.8, 4) is 5.75 Å². The predicted molar refractivity (Wildman–Crippen MR) is 97.0 cm³/mol. The molecule has 3 nitrogen and oxygen atoms in total. The monoisotopic (exact) mass is 315 g/mol. The number of carbonyl (C=O) groups excluding carboxylic acids is 1. The zero-order valence-electron chi connectivity index (χ0n) is 13.4. The summed E-state index contributed by atoms with van der Waals surface area (Å²) in [6.45, 7) is 2.02. The van der Waals surface area contributed by atoms with Gasteiger partial charge in [-0.3, -0.25) is 4.79 Å². The number of fused-ring (bicyclic) bond motifs is 2. The van der Waals surface area contributed by atoms with Gasteiger partial charge in [0, 0.05) is 6.92 Å². The number of ether oxygens (including phenoxy) is 1. The van der Waals surface area contributed by atoms with Gasteiger partial charge in [0.1, 0.15) is 5.76 Å². The van der Waals surface area contributed by atoms with E-state index in [-0.39, 0.29) is 5.91 Å². The third-order valence-electron chi connectivity index (χ3n) is 4.19. The summed E-state index contributed by atoms with van der Waals surface area (Å²) in [5.74, 6) is 1.49. The number of para-hydroxylation sites is 2. The fourth-order valence-corrected chi connectivity index (χ4v) is 3.02. The lowest BCUT2D eigenvalue weighted by atomic mass is 10.1. The van der Waals surface area contributed by atoms with Crippen LogP contribution in [-0.2, 0) is 4.79 Å². The lowest BCUT2D eigenvalue weighted by Crippen LogP contribution is -2.35. The van der Waals surface area contributed by atoms with Gasteiger partial charge in [0.2, 0.25) is 5.91 Å². The van der Waals surface area contributed by atoms with E-state index in [0.717, 1.165) is 17.0 Å². The minimum absolute atomic E-state index is 0.00941. The molecule has 0 aromatic heterocycles. The van der Waals surface area contributed by atoms with Crippen LogP contribution in [0, 0.1) is 0 Å². The summed E-state index contributed by atoms with van der Waals surface area (Å²) >= 11 is 0. The molecule has 0 bridgehead atoms. The second-order valence-electron chi connectivity index (χ2n) is 5.89. The molecule has 0 aliphatic carbocycles. The van der Waals surface area contributed by atoms with E-state index in [9.17, 15) is 4.79 Å². The van der Waals surface area contributed by atoms with Gasteiger partial charge >= 0.3 is 0 Å². The maximum absolute atomic E-state index is 12.0. The summed E-state index contributed by atoms with van der Waals surface area (Å²) in [7, 11) is 0. The Morgan fingerprint density at radius 1 is 1.00 bits per heavy atom. The van der Waals surface area contributed by atoms with E-state index in [1.807, 2.05) is 42.5 Å². The summed E-state index contributed by atoms with van der Waals surface area (Å²) in [6, 6.07) is 22.2. The molecule has 3 aromatic rings. The van der Waals surface area contributed by atoms with Crippen molar-refractivity contribution in [2.24, 2.45) is 0 Å². The fraction of sp³-hybridized carbons (Fsp3) is 0.0952. The van der Waals surface area contributed by atoms with Crippen LogP contribution >= 0.6 is 0 Å². The minimum atomic E-state index is 0.00941. The van der Waals surface area contributed by atoms with Crippen molar-refractivity contribution in [2.45, 2.75) is 6.92 Å². The lowest BCUT2D eigenvalue weighted by Gasteiger charge is -2.30. The van der Waals surface area contributed by atoms with Crippen LogP contribution in [0.15, 0.2) is 72.5 Å². The van der Waals surface area contributed by atoms with Crippen LogP contribution in [-0.4, -0.2) is 12.5 Å². The summed E-state index contributed by atoms with van der Waals surface area (Å²) < 4.78 is 6.00. The summed E-state index contributed by atoms with van der Waals surface area (Å²) in [5.41, 5.74) is 1.88. The van der Waals surface area contributed by atoms with Gasteiger partial charge in [-0.1, -0.05) is 48.5 Å². The average molecular weight is 315 g/mol. The fourth-order valence-electron chi connectivity index (χ4n) is 3.02. The zero-order chi connectivity index (χ0) is 16.5. The number of carbonyl (C=O) groups is 1. The van der Waals surface area contributed by atoms with Crippen molar-refractivity contribution in [3.05, 3.63) is 78.1 Å². The van der Waals surface area contributed by atoms with Gasteiger partial charge in [-0.05, 0) is 40.6 Å². The maximum Gasteiger partial charge on any atom is 0.224 e. The van der Waals surface area contributed by atoms with Crippen molar-refractivity contribution >= 4 is 28.4 Å². The highest BCUT2D eigenvalue weighted by Gasteiger charge is 2.23.